The van der Waals surface area contributed by atoms with E-state index in [2.05, 4.69) is 168 Å². The number of para-hydroxylation sites is 3. The zero-order valence-electron chi connectivity index (χ0n) is 26.2. The van der Waals surface area contributed by atoms with Crippen LogP contribution in [0.4, 0.5) is 0 Å². The van der Waals surface area contributed by atoms with E-state index in [0.29, 0.717) is 0 Å². The Morgan fingerprint density at radius 1 is 0.646 bits per heavy atom. The molecule has 6 aromatic heterocycles. The maximum Gasteiger partial charge on any atom is 0.211 e. The Balaban J connectivity index is 0.00000314. The number of rotatable bonds is 5. The largest absolute Gasteiger partial charge is 0.423 e. The third-order valence-corrected chi connectivity index (χ3v) is 12.2. The van der Waals surface area contributed by atoms with Crippen LogP contribution < -0.4 is 10.6 Å². The van der Waals surface area contributed by atoms with Crippen LogP contribution >= 0.6 is 8.07 Å². The van der Waals surface area contributed by atoms with Gasteiger partial charge in [0.2, 0.25) is 5.95 Å². The van der Waals surface area contributed by atoms with Gasteiger partial charge in [-0.3, -0.25) is 8.97 Å². The van der Waals surface area contributed by atoms with Crippen LogP contribution in [-0.2, 0) is 35.2 Å². The van der Waals surface area contributed by atoms with E-state index >= 15 is 0 Å². The predicted molar refractivity (Wildman–Crippen MR) is 195 cm³/mol. The summed E-state index contributed by atoms with van der Waals surface area (Å²) in [6.45, 7) is 0. The molecule has 9 heteroatoms. The number of imidazole rings is 2. The minimum atomic E-state index is -1.42. The summed E-state index contributed by atoms with van der Waals surface area (Å²) in [4.78, 5) is 4.62. The third-order valence-electron chi connectivity index (χ3n) is 9.51. The molecular weight excluding hydrogens is 793 g/mol. The smallest absolute Gasteiger partial charge is 0.211 e. The summed E-state index contributed by atoms with van der Waals surface area (Å²) in [7, 11) is 2.73. The van der Waals surface area contributed by atoms with Gasteiger partial charge >= 0.3 is 0 Å². The Morgan fingerprint density at radius 3 is 1.98 bits per heavy atom. The van der Waals surface area contributed by atoms with Crippen molar-refractivity contribution in [2.75, 3.05) is 0 Å². The molecule has 236 valence electrons. The Labute approximate surface area is 291 Å². The molecule has 0 N–H and O–H groups in total. The fourth-order valence-electron chi connectivity index (χ4n) is 7.45. The fraction of sp³-hybridized carbons (Fsp3) is 0.0513. The van der Waals surface area contributed by atoms with Crippen molar-refractivity contribution >= 4 is 68.3 Å². The van der Waals surface area contributed by atoms with E-state index in [1.54, 1.807) is 0 Å². The third kappa shape index (κ3) is 3.98. The molecule has 48 heavy (non-hydrogen) atoms. The summed E-state index contributed by atoms with van der Waals surface area (Å²) in [6.07, 6.45) is 5.88. The zero-order valence-corrected chi connectivity index (χ0v) is 29.5. The quantitative estimate of drug-likeness (QED) is 0.132. The van der Waals surface area contributed by atoms with Crippen LogP contribution in [0.1, 0.15) is 0 Å². The van der Waals surface area contributed by atoms with Crippen LogP contribution in [0.3, 0.4) is 0 Å². The number of hydrogen-bond acceptors (Lipinski definition) is 1. The van der Waals surface area contributed by atoms with Gasteiger partial charge in [0, 0.05) is 57.8 Å². The minimum absolute atomic E-state index is 0. The van der Waals surface area contributed by atoms with Crippen molar-refractivity contribution in [3.05, 3.63) is 146 Å². The van der Waals surface area contributed by atoms with Crippen LogP contribution in [0.5, 0.6) is 0 Å². The van der Waals surface area contributed by atoms with Crippen LogP contribution in [0.2, 0.25) is 0 Å². The average Bonchev–Trinajstić information content (AvgIpc) is 3.95. The van der Waals surface area contributed by atoms with Gasteiger partial charge in [-0.25, -0.2) is 9.32 Å². The van der Waals surface area contributed by atoms with Crippen molar-refractivity contribution in [3.63, 3.8) is 0 Å². The molecule has 0 spiro atoms. The van der Waals surface area contributed by atoms with Crippen molar-refractivity contribution in [1.29, 1.82) is 0 Å². The molecule has 0 saturated heterocycles. The molecule has 0 saturated carbocycles. The molecule has 0 aliphatic rings. The van der Waals surface area contributed by atoms with Gasteiger partial charge in [0.1, 0.15) is 21.8 Å². The van der Waals surface area contributed by atoms with E-state index in [1.165, 1.54) is 38.1 Å². The summed E-state index contributed by atoms with van der Waals surface area (Å²) in [6, 6.07) is 48.0. The normalized spacial score (nSPS) is 12.0. The second-order valence-corrected chi connectivity index (χ2v) is 14.4. The van der Waals surface area contributed by atoms with Gasteiger partial charge in [0.05, 0.1) is 22.1 Å². The number of benzene rings is 4. The zero-order chi connectivity index (χ0) is 31.2. The van der Waals surface area contributed by atoms with Crippen LogP contribution in [-0.4, -0.2) is 32.0 Å². The number of hydrogen-bond donors (Lipinski definition) is 0. The molecule has 7 nitrogen and oxygen atoms in total. The molecule has 10 aromatic rings. The number of aromatic nitrogens is 7. The molecule has 0 radical (unpaired) electrons. The minimum Gasteiger partial charge on any atom is -0.423 e. The van der Waals surface area contributed by atoms with E-state index in [1.807, 2.05) is 24.0 Å². The van der Waals surface area contributed by atoms with Crippen molar-refractivity contribution < 1.29 is 21.1 Å². The molecule has 4 aromatic carbocycles. The van der Waals surface area contributed by atoms with Crippen LogP contribution in [0, 0.1) is 6.07 Å². The number of fused-ring (bicyclic) bond motifs is 8. The first-order chi connectivity index (χ1) is 23.2. The first kappa shape index (κ1) is 29.1. The molecule has 0 atom stereocenters. The maximum absolute atomic E-state index is 4.62. The molecule has 0 fully saturated rings. The molecule has 0 amide bonds. The number of nitrogens with zero attached hydrogens (tertiary/aromatic N) is 7. The Kier molecular flexibility index (Phi) is 6.65. The first-order valence-electron chi connectivity index (χ1n) is 15.8. The summed E-state index contributed by atoms with van der Waals surface area (Å²) in [5.41, 5.74) is 9.24. The Morgan fingerprint density at radius 2 is 1.29 bits per heavy atom. The molecular formula is C39H30N7PPt. The van der Waals surface area contributed by atoms with Gasteiger partial charge < -0.3 is 13.7 Å². The maximum atomic E-state index is 4.62. The molecule has 0 unspecified atom stereocenters. The van der Waals surface area contributed by atoms with Crippen molar-refractivity contribution in [2.45, 2.75) is 0 Å². The summed E-state index contributed by atoms with van der Waals surface area (Å²) in [5, 5.41) is 3.95. The fourth-order valence-corrected chi connectivity index (χ4v) is 10.2. The first-order valence-corrected chi connectivity index (χ1v) is 17.2. The van der Waals surface area contributed by atoms with E-state index in [0.717, 1.165) is 34.0 Å². The monoisotopic (exact) mass is 822 g/mol. The molecule has 6 heterocycles. The second-order valence-electron chi connectivity index (χ2n) is 12.1. The van der Waals surface area contributed by atoms with Gasteiger partial charge in [-0.15, -0.1) is 6.07 Å². The van der Waals surface area contributed by atoms with Gasteiger partial charge in [-0.05, 0) is 55.7 Å². The van der Waals surface area contributed by atoms with Crippen molar-refractivity contribution in [3.8, 4) is 11.8 Å². The van der Waals surface area contributed by atoms with Crippen molar-refractivity contribution in [1.82, 2.24) is 32.0 Å². The molecule has 0 aliphatic heterocycles. The van der Waals surface area contributed by atoms with E-state index in [-0.39, 0.29) is 21.1 Å². The van der Waals surface area contributed by atoms with E-state index in [4.69, 9.17) is 0 Å². The standard InChI is InChI=1S/C39H29N7P.Pt/c1-41-24-22-40-39(41)43-23-21-31-34(43)25-36(42(31)2)44-32-19-11-12-20-33(32)45-37(44)26-35-38(45)29-17-9-10-18-30(29)46(35)47(27-13-5-3-6-14-27)28-15-7-4-8-16-28;/h3-24,26H,1-2H3;/q-1;/p+1. The van der Waals surface area contributed by atoms with Crippen molar-refractivity contribution in [2.24, 2.45) is 14.1 Å². The van der Waals surface area contributed by atoms with E-state index < -0.39 is 8.07 Å². The molecule has 0 bridgehead atoms. The summed E-state index contributed by atoms with van der Waals surface area (Å²) < 4.78 is 13.9. The second kappa shape index (κ2) is 11.0. The van der Waals surface area contributed by atoms with Gasteiger partial charge in [0.25, 0.3) is 0 Å². The Bertz CT molecular complexity index is 2740. The number of aryl methyl sites for hydroxylation is 2. The SMILES string of the molecule is Cn1ccnc1-n1ccc2c1[c-]c(-n1c3ccccc3n3c4c5ccccc5n([PH+](c5ccccc5)c5ccccc5)c4cc13)n2C.[Pt]. The molecule has 10 rings (SSSR count). The summed E-state index contributed by atoms with van der Waals surface area (Å²) in [5.74, 6) is 1.85. The van der Waals surface area contributed by atoms with Gasteiger partial charge in [-0.2, -0.15) is 6.07 Å². The molecule has 0 aliphatic carbocycles. The van der Waals surface area contributed by atoms with Gasteiger partial charge in [-0.1, -0.05) is 77.8 Å². The summed E-state index contributed by atoms with van der Waals surface area (Å²) >= 11 is 0. The average molecular weight is 823 g/mol. The van der Waals surface area contributed by atoms with Crippen LogP contribution in [0.25, 0.3) is 61.4 Å². The van der Waals surface area contributed by atoms with Gasteiger partial charge in [0.15, 0.2) is 8.07 Å². The van der Waals surface area contributed by atoms with Crippen LogP contribution in [0.15, 0.2) is 140 Å². The topological polar surface area (TPSA) is 42.0 Å². The Hall–Kier alpha value is -5.09. The predicted octanol–water partition coefficient (Wildman–Crippen LogP) is 7.43. The van der Waals surface area contributed by atoms with E-state index in [9.17, 15) is 0 Å².